The van der Waals surface area contributed by atoms with Gasteiger partial charge in [-0.2, -0.15) is 0 Å². The van der Waals surface area contributed by atoms with E-state index >= 15 is 0 Å². The predicted octanol–water partition coefficient (Wildman–Crippen LogP) is 3.60. The van der Waals surface area contributed by atoms with Crippen LogP contribution in [0.5, 0.6) is 0 Å². The third-order valence-electron chi connectivity index (χ3n) is 5.24. The minimum atomic E-state index is -0.0405. The van der Waals surface area contributed by atoms with Gasteiger partial charge >= 0.3 is 5.97 Å². The highest BCUT2D eigenvalue weighted by molar-refractivity contribution is 5.70. The Kier molecular flexibility index (Phi) is 3.34. The third kappa shape index (κ3) is 2.29. The summed E-state index contributed by atoms with van der Waals surface area (Å²) < 4.78 is 4.93. The first kappa shape index (κ1) is 12.7. The largest absolute Gasteiger partial charge is 0.469 e. The van der Waals surface area contributed by atoms with Crippen LogP contribution in [0.1, 0.15) is 37.7 Å². The van der Waals surface area contributed by atoms with Gasteiger partial charge in [0.15, 0.2) is 0 Å². The van der Waals surface area contributed by atoms with Crippen LogP contribution >= 0.6 is 0 Å². The van der Waals surface area contributed by atoms with Gasteiger partial charge in [0.05, 0.1) is 13.5 Å². The van der Waals surface area contributed by atoms with Crippen molar-refractivity contribution < 1.29 is 9.53 Å². The van der Waals surface area contributed by atoms with Crippen LogP contribution in [-0.2, 0) is 16.0 Å². The van der Waals surface area contributed by atoms with Crippen LogP contribution in [0.15, 0.2) is 30.3 Å². The van der Waals surface area contributed by atoms with Crippen molar-refractivity contribution in [3.63, 3.8) is 0 Å². The molecule has 3 unspecified atom stereocenters. The Balaban J connectivity index is 1.79. The van der Waals surface area contributed by atoms with Gasteiger partial charge in [0.1, 0.15) is 0 Å². The smallest absolute Gasteiger partial charge is 0.306 e. The van der Waals surface area contributed by atoms with Gasteiger partial charge in [-0.05, 0) is 42.1 Å². The molecular weight excluding hydrogens is 236 g/mol. The zero-order valence-electron chi connectivity index (χ0n) is 11.6. The van der Waals surface area contributed by atoms with E-state index in [1.807, 2.05) is 0 Å². The highest BCUT2D eigenvalue weighted by atomic mass is 16.5. The number of esters is 1. The summed E-state index contributed by atoms with van der Waals surface area (Å²) in [6.45, 7) is 0. The lowest BCUT2D eigenvalue weighted by molar-refractivity contribution is -0.149. The Bertz CT molecular complexity index is 454. The molecule has 0 amide bonds. The zero-order chi connectivity index (χ0) is 13.3. The van der Waals surface area contributed by atoms with Crippen molar-refractivity contribution in [2.24, 2.45) is 17.3 Å². The van der Waals surface area contributed by atoms with E-state index < -0.39 is 0 Å². The molecule has 0 radical (unpaired) electrons. The minimum absolute atomic E-state index is 0.0405. The number of ether oxygens (including phenoxy) is 1. The Morgan fingerprint density at radius 3 is 2.79 bits per heavy atom. The van der Waals surface area contributed by atoms with E-state index in [0.29, 0.717) is 6.42 Å². The van der Waals surface area contributed by atoms with Crippen molar-refractivity contribution in [1.29, 1.82) is 0 Å². The monoisotopic (exact) mass is 258 g/mol. The molecule has 2 aliphatic rings. The van der Waals surface area contributed by atoms with Gasteiger partial charge in [-0.15, -0.1) is 0 Å². The second-order valence-corrected chi connectivity index (χ2v) is 6.28. The number of carbonyl (C=O) groups is 1. The lowest BCUT2D eigenvalue weighted by atomic mass is 9.51. The van der Waals surface area contributed by atoms with Crippen LogP contribution in [0.25, 0.3) is 0 Å². The first-order valence-corrected chi connectivity index (χ1v) is 7.34. The SMILES string of the molecule is COC(=O)CC1(Cc2ccccc2)CC2CCCC21. The summed E-state index contributed by atoms with van der Waals surface area (Å²) in [6, 6.07) is 10.6. The van der Waals surface area contributed by atoms with Crippen LogP contribution < -0.4 is 0 Å². The lowest BCUT2D eigenvalue weighted by Crippen LogP contribution is -2.48. The predicted molar refractivity (Wildman–Crippen MR) is 74.7 cm³/mol. The standard InChI is InChI=1S/C17H22O2/c1-19-16(18)12-17(10-13-6-3-2-4-7-13)11-14-8-5-9-15(14)17/h2-4,6-7,14-15H,5,8-12H2,1H3. The van der Waals surface area contributed by atoms with E-state index in [0.717, 1.165) is 18.3 Å². The summed E-state index contributed by atoms with van der Waals surface area (Å²) in [6.07, 6.45) is 6.84. The first-order valence-electron chi connectivity index (χ1n) is 7.34. The van der Waals surface area contributed by atoms with Gasteiger partial charge in [0.25, 0.3) is 0 Å². The van der Waals surface area contributed by atoms with Crippen molar-refractivity contribution in [2.45, 2.75) is 38.5 Å². The van der Waals surface area contributed by atoms with Gasteiger partial charge in [-0.1, -0.05) is 43.2 Å². The van der Waals surface area contributed by atoms with E-state index in [2.05, 4.69) is 30.3 Å². The van der Waals surface area contributed by atoms with E-state index in [1.54, 1.807) is 0 Å². The molecule has 1 aromatic carbocycles. The van der Waals surface area contributed by atoms with Crippen LogP contribution in [0, 0.1) is 17.3 Å². The van der Waals surface area contributed by atoms with Gasteiger partial charge in [0, 0.05) is 0 Å². The highest BCUT2D eigenvalue weighted by Gasteiger charge is 2.55. The quantitative estimate of drug-likeness (QED) is 0.771. The maximum absolute atomic E-state index is 11.8. The topological polar surface area (TPSA) is 26.3 Å². The molecule has 0 N–H and O–H groups in total. The van der Waals surface area contributed by atoms with Crippen molar-refractivity contribution >= 4 is 5.97 Å². The number of fused-ring (bicyclic) bond motifs is 1. The summed E-state index contributed by atoms with van der Waals surface area (Å²) in [5.41, 5.74) is 1.53. The number of benzene rings is 1. The summed E-state index contributed by atoms with van der Waals surface area (Å²) >= 11 is 0. The summed E-state index contributed by atoms with van der Waals surface area (Å²) in [4.78, 5) is 11.8. The molecule has 2 fully saturated rings. The first-order chi connectivity index (χ1) is 9.23. The van der Waals surface area contributed by atoms with Crippen molar-refractivity contribution in [1.82, 2.24) is 0 Å². The second-order valence-electron chi connectivity index (χ2n) is 6.28. The second kappa shape index (κ2) is 4.99. The summed E-state index contributed by atoms with van der Waals surface area (Å²) in [5, 5.41) is 0. The molecule has 0 aliphatic heterocycles. The van der Waals surface area contributed by atoms with E-state index in [1.165, 1.54) is 38.4 Å². The van der Waals surface area contributed by atoms with Crippen molar-refractivity contribution in [3.05, 3.63) is 35.9 Å². The van der Waals surface area contributed by atoms with Crippen molar-refractivity contribution in [2.75, 3.05) is 7.11 Å². The molecular formula is C17H22O2. The van der Waals surface area contributed by atoms with Gasteiger partial charge < -0.3 is 4.74 Å². The van der Waals surface area contributed by atoms with Crippen LogP contribution in [0.2, 0.25) is 0 Å². The number of carbonyl (C=O) groups excluding carboxylic acids is 1. The molecule has 0 bridgehead atoms. The summed E-state index contributed by atoms with van der Waals surface area (Å²) in [5.74, 6) is 1.57. The normalized spacial score (nSPS) is 32.5. The fourth-order valence-electron chi connectivity index (χ4n) is 4.43. The highest BCUT2D eigenvalue weighted by Crippen LogP contribution is 2.62. The van der Waals surface area contributed by atoms with Crippen LogP contribution in [0.4, 0.5) is 0 Å². The Hall–Kier alpha value is -1.31. The van der Waals surface area contributed by atoms with E-state index in [4.69, 9.17) is 4.74 Å². The molecule has 0 spiro atoms. The molecule has 2 aliphatic carbocycles. The molecule has 2 heteroatoms. The molecule has 0 aromatic heterocycles. The molecule has 1 aromatic rings. The zero-order valence-corrected chi connectivity index (χ0v) is 11.6. The van der Waals surface area contributed by atoms with Gasteiger partial charge in [0.2, 0.25) is 0 Å². The number of hydrogen-bond donors (Lipinski definition) is 0. The third-order valence-corrected chi connectivity index (χ3v) is 5.24. The summed E-state index contributed by atoms with van der Waals surface area (Å²) in [7, 11) is 1.50. The van der Waals surface area contributed by atoms with E-state index in [9.17, 15) is 4.79 Å². The van der Waals surface area contributed by atoms with Crippen LogP contribution in [-0.4, -0.2) is 13.1 Å². The molecule has 2 nitrogen and oxygen atoms in total. The molecule has 0 heterocycles. The molecule has 3 atom stereocenters. The Labute approximate surface area is 115 Å². The maximum atomic E-state index is 11.8. The fourth-order valence-corrected chi connectivity index (χ4v) is 4.43. The molecule has 2 saturated carbocycles. The van der Waals surface area contributed by atoms with Gasteiger partial charge in [-0.3, -0.25) is 4.79 Å². The fraction of sp³-hybridized carbons (Fsp3) is 0.588. The molecule has 102 valence electrons. The average Bonchev–Trinajstić information content (AvgIpc) is 2.82. The van der Waals surface area contributed by atoms with Gasteiger partial charge in [-0.25, -0.2) is 0 Å². The number of methoxy groups -OCH3 is 1. The Morgan fingerprint density at radius 1 is 1.32 bits per heavy atom. The Morgan fingerprint density at radius 2 is 2.11 bits per heavy atom. The molecule has 0 saturated heterocycles. The average molecular weight is 258 g/mol. The number of hydrogen-bond acceptors (Lipinski definition) is 2. The number of rotatable bonds is 4. The lowest BCUT2D eigenvalue weighted by Gasteiger charge is -2.53. The maximum Gasteiger partial charge on any atom is 0.306 e. The minimum Gasteiger partial charge on any atom is -0.469 e. The van der Waals surface area contributed by atoms with Crippen molar-refractivity contribution in [3.8, 4) is 0 Å². The van der Waals surface area contributed by atoms with Crippen LogP contribution in [0.3, 0.4) is 0 Å². The van der Waals surface area contributed by atoms with E-state index in [-0.39, 0.29) is 11.4 Å². The molecule has 3 rings (SSSR count). The molecule has 19 heavy (non-hydrogen) atoms.